The number of nitrogens with zero attached hydrogens (tertiary/aromatic N) is 3. The molecule has 0 radical (unpaired) electrons. The van der Waals surface area contributed by atoms with Gasteiger partial charge in [-0.3, -0.25) is 0 Å². The van der Waals surface area contributed by atoms with Crippen molar-refractivity contribution in [3.63, 3.8) is 0 Å². The molecule has 0 amide bonds. The summed E-state index contributed by atoms with van der Waals surface area (Å²) in [6.07, 6.45) is 0. The highest BCUT2D eigenvalue weighted by Crippen LogP contribution is 2.64. The first-order valence-electron chi connectivity index (χ1n) is 49.9. The van der Waals surface area contributed by atoms with Crippen LogP contribution in [0.2, 0.25) is 26.2 Å². The Hall–Kier alpha value is -14.5. The molecule has 3 aliphatic heterocycles. The molecule has 0 fully saturated rings. The van der Waals surface area contributed by atoms with Crippen molar-refractivity contribution in [2.75, 3.05) is 14.7 Å². The molecule has 0 unspecified atom stereocenters. The summed E-state index contributed by atoms with van der Waals surface area (Å²) in [6.45, 7) is 33.9. The van der Waals surface area contributed by atoms with E-state index in [1.54, 1.807) is 5.19 Å². The number of fused-ring (bicyclic) bond motifs is 28. The van der Waals surface area contributed by atoms with Gasteiger partial charge in [-0.1, -0.05) is 434 Å². The van der Waals surface area contributed by atoms with Crippen LogP contribution >= 0.6 is 23.5 Å². The average molecular weight is 1890 g/mol. The van der Waals surface area contributed by atoms with Crippen LogP contribution in [-0.4, -0.2) is 16.1 Å². The maximum absolute atomic E-state index is 7.39. The summed E-state index contributed by atoms with van der Waals surface area (Å²) in [4.78, 5) is 13.1. The van der Waals surface area contributed by atoms with Crippen LogP contribution < -0.4 is 40.2 Å². The maximum Gasteiger partial charge on any atom is 0.151 e. The van der Waals surface area contributed by atoms with Crippen molar-refractivity contribution in [2.45, 2.75) is 142 Å². The Morgan fingerprint density at radius 3 is 1.21 bits per heavy atom. The van der Waals surface area contributed by atoms with Crippen molar-refractivity contribution in [2.24, 2.45) is 0 Å². The van der Waals surface area contributed by atoms with E-state index in [0.29, 0.717) is 0 Å². The lowest BCUT2D eigenvalue weighted by atomic mass is 9.75. The van der Waals surface area contributed by atoms with Crippen molar-refractivity contribution < 1.29 is 4.74 Å². The molecule has 8 heteroatoms. The molecule has 0 atom stereocenters. The zero-order valence-corrected chi connectivity index (χ0v) is 85.9. The van der Waals surface area contributed by atoms with Crippen LogP contribution in [0.5, 0.6) is 11.5 Å². The van der Waals surface area contributed by atoms with E-state index in [0.717, 1.165) is 34.2 Å². The normalized spacial score (nSPS) is 15.7. The number of para-hydroxylation sites is 3. The van der Waals surface area contributed by atoms with Crippen LogP contribution in [0.15, 0.2) is 426 Å². The number of benzene rings is 20. The standard InChI is InChI=1S/C45H35NOSi.C44H39NSSi.C44H35NS/c1-45(2)36-19-10-9-18-34(36)42-37(45)25-26-41-44(42)47-43-39(21-12-22-40(43)48(41,3)4)46(38-20-11-14-28-13-5-6-15-30(28)38)29-23-24-33-31-16-7-8-17-32(31)35(33)27-29;1-43(2)34-20-13-11-18-32(34)40-35(43)25-26-39-42(40)46-41-37(21-14-22-38(41)47(39,5)6)45(28-15-8-7-9-16-28)29-23-24-31-30-17-10-12-19-33(30)44(3,4)36(31)27-29;1-43(2)34-20-11-10-19-32(34)40-35(43)24-25-37-42(40)46-41-36(44(37,3)4)21-13-23-39(41)45(31-17-6-5-7-18-31)38-22-12-16-30-26-28-14-8-9-15-29(28)27-33(30)38/h5-27H,1-4H3;7-27H,1-6H3;5-27H,1-4H3. The van der Waals surface area contributed by atoms with E-state index < -0.39 is 16.1 Å². The minimum absolute atomic E-state index is 0.0160. The maximum atomic E-state index is 7.39. The average Bonchev–Trinajstić information content (AvgIpc) is 1.61. The van der Waals surface area contributed by atoms with Crippen LogP contribution in [0.4, 0.5) is 51.2 Å². The van der Waals surface area contributed by atoms with Gasteiger partial charge in [-0.25, -0.2) is 0 Å². The van der Waals surface area contributed by atoms with Crippen molar-refractivity contribution in [3.8, 4) is 78.3 Å². The van der Waals surface area contributed by atoms with Gasteiger partial charge < -0.3 is 19.4 Å². The minimum Gasteiger partial charge on any atom is -0.455 e. The van der Waals surface area contributed by atoms with Gasteiger partial charge in [0.2, 0.25) is 0 Å². The second-order valence-electron chi connectivity index (χ2n) is 43.3. The highest BCUT2D eigenvalue weighted by Gasteiger charge is 2.49. The Morgan fingerprint density at radius 1 is 0.199 bits per heavy atom. The van der Waals surface area contributed by atoms with E-state index in [9.17, 15) is 0 Å². The molecule has 8 aliphatic rings. The van der Waals surface area contributed by atoms with E-state index in [1.807, 2.05) is 23.5 Å². The molecule has 28 rings (SSSR count). The van der Waals surface area contributed by atoms with Crippen LogP contribution in [-0.2, 0) is 27.1 Å². The van der Waals surface area contributed by atoms with Crippen molar-refractivity contribution in [1.82, 2.24) is 0 Å². The summed E-state index contributed by atoms with van der Waals surface area (Å²) in [5.41, 5.74) is 40.5. The van der Waals surface area contributed by atoms with Crippen LogP contribution in [0.25, 0.3) is 99.1 Å². The Morgan fingerprint density at radius 2 is 0.567 bits per heavy atom. The molecule has 3 heterocycles. The Kier molecular flexibility index (Phi) is 19.6. The van der Waals surface area contributed by atoms with E-state index in [2.05, 4.69) is 517 Å². The minimum atomic E-state index is -2.18. The smallest absolute Gasteiger partial charge is 0.151 e. The molecular weight excluding hydrogens is 1780 g/mol. The monoisotopic (exact) mass is 1880 g/mol. The molecule has 20 aromatic rings. The van der Waals surface area contributed by atoms with Gasteiger partial charge in [-0.2, -0.15) is 0 Å². The van der Waals surface area contributed by atoms with Gasteiger partial charge >= 0.3 is 0 Å². The molecule has 20 aromatic carbocycles. The lowest BCUT2D eigenvalue weighted by Crippen LogP contribution is -2.56. The van der Waals surface area contributed by atoms with Gasteiger partial charge in [0.1, 0.15) is 21.9 Å². The fourth-order valence-electron chi connectivity index (χ4n) is 25.5. The van der Waals surface area contributed by atoms with Crippen molar-refractivity contribution in [1.29, 1.82) is 0 Å². The molecule has 0 saturated heterocycles. The first-order chi connectivity index (χ1) is 68.3. The van der Waals surface area contributed by atoms with E-state index in [-0.39, 0.29) is 27.1 Å². The first kappa shape index (κ1) is 86.8. The van der Waals surface area contributed by atoms with Crippen molar-refractivity contribution in [3.05, 3.63) is 462 Å². The third-order valence-electron chi connectivity index (χ3n) is 33.1. The summed E-state index contributed by atoms with van der Waals surface area (Å²) in [7, 11) is -4.23. The molecule has 0 aromatic heterocycles. The lowest BCUT2D eigenvalue weighted by molar-refractivity contribution is 0.488. The van der Waals surface area contributed by atoms with Crippen molar-refractivity contribution >= 4 is 144 Å². The summed E-state index contributed by atoms with van der Waals surface area (Å²) in [6, 6.07) is 151. The lowest BCUT2D eigenvalue weighted by Gasteiger charge is -2.39. The zero-order valence-electron chi connectivity index (χ0n) is 82.2. The number of anilines is 9. The number of rotatable bonds is 9. The molecule has 682 valence electrons. The predicted octanol–water partition coefficient (Wildman–Crippen LogP) is 34.8. The molecule has 141 heavy (non-hydrogen) atoms. The Bertz CT molecular complexity index is 8710. The molecule has 0 N–H and O–H groups in total. The largest absolute Gasteiger partial charge is 0.455 e. The second-order valence-corrected chi connectivity index (χ2v) is 54.0. The molecule has 0 spiro atoms. The van der Waals surface area contributed by atoms with E-state index >= 15 is 0 Å². The van der Waals surface area contributed by atoms with Crippen LogP contribution in [0, 0.1) is 0 Å². The Balaban J connectivity index is 0.000000109. The molecule has 4 nitrogen and oxygen atoms in total. The topological polar surface area (TPSA) is 19.0 Å². The fourth-order valence-corrected chi connectivity index (χ4v) is 35.6. The van der Waals surface area contributed by atoms with Crippen LogP contribution in [0.3, 0.4) is 0 Å². The quantitative estimate of drug-likeness (QED) is 0.105. The Labute approximate surface area is 839 Å². The second kappa shape index (κ2) is 31.8. The van der Waals surface area contributed by atoms with Gasteiger partial charge in [0, 0.05) is 91.3 Å². The van der Waals surface area contributed by atoms with Gasteiger partial charge in [0.05, 0.1) is 28.4 Å². The number of hydrogen-bond donors (Lipinski definition) is 0. The highest BCUT2D eigenvalue weighted by atomic mass is 32.2. The van der Waals surface area contributed by atoms with Gasteiger partial charge in [0.15, 0.2) is 5.75 Å². The zero-order chi connectivity index (χ0) is 95.9. The summed E-state index contributed by atoms with van der Waals surface area (Å²) in [5, 5.41) is 13.2. The first-order valence-corrected chi connectivity index (χ1v) is 57.6. The number of ether oxygens (including phenoxy) is 1. The molecule has 0 saturated carbocycles. The molecular formula is C133H109N3OS2Si2. The summed E-state index contributed by atoms with van der Waals surface area (Å²) in [5.74, 6) is 2.03. The van der Waals surface area contributed by atoms with Gasteiger partial charge in [0.25, 0.3) is 0 Å². The van der Waals surface area contributed by atoms with E-state index in [4.69, 9.17) is 4.74 Å². The van der Waals surface area contributed by atoms with Gasteiger partial charge in [-0.15, -0.1) is 0 Å². The third kappa shape index (κ3) is 12.9. The molecule has 5 aliphatic carbocycles. The molecule has 0 bridgehead atoms. The fraction of sp³-hybridized carbons (Fsp3) is 0.143. The van der Waals surface area contributed by atoms with E-state index in [1.165, 1.54) is 218 Å². The number of hydrogen-bond acceptors (Lipinski definition) is 6. The van der Waals surface area contributed by atoms with Gasteiger partial charge in [-0.05, 0) is 245 Å². The summed E-state index contributed by atoms with van der Waals surface area (Å²) < 4.78 is 7.39. The SMILES string of the molecule is CC1(C)c2cccc(N(c3ccccc3)c3cccc4cc5ccccc5cc34)c2Sc2c1ccc1c2-c2ccccc2C1(C)C.CC1(C)c2ccccc2-c2c1ccc1c2Oc2c(N(c3ccc4c(c3)-c3ccccc3-4)c3cccc4ccccc34)cccc2[Si]1(C)C.CC1(C)c2ccccc2-c2ccc(N(c3ccccc3)c3cccc4c3Sc3c(ccc5c3-c3ccccc3C5(C)C)[Si]4(C)C)cc21. The summed E-state index contributed by atoms with van der Waals surface area (Å²) >= 11 is 3.97. The third-order valence-corrected chi connectivity index (χ3v) is 42.9. The highest BCUT2D eigenvalue weighted by molar-refractivity contribution is 8.00. The predicted molar refractivity (Wildman–Crippen MR) is 604 cm³/mol. The van der Waals surface area contributed by atoms with Crippen LogP contribution in [0.1, 0.15) is 125 Å².